The van der Waals surface area contributed by atoms with Crippen molar-refractivity contribution < 1.29 is 31.1 Å². The molecule has 1 heterocycles. The molecule has 5 nitrogen and oxygen atoms in total. The second-order valence-electron chi connectivity index (χ2n) is 9.24. The van der Waals surface area contributed by atoms with Crippen LogP contribution in [0.2, 0.25) is 0 Å². The summed E-state index contributed by atoms with van der Waals surface area (Å²) in [5, 5.41) is 10.00. The smallest absolute Gasteiger partial charge is 0.376 e. The number of thiocarbonyl (C=S) groups is 1. The van der Waals surface area contributed by atoms with Gasteiger partial charge in [-0.25, -0.2) is 12.8 Å². The van der Waals surface area contributed by atoms with Gasteiger partial charge in [0.05, 0.1) is 4.91 Å². The zero-order valence-electron chi connectivity index (χ0n) is 20.0. The fourth-order valence-electron chi connectivity index (χ4n) is 4.49. The monoisotopic (exact) mass is 554 g/mol. The van der Waals surface area contributed by atoms with Crippen molar-refractivity contribution in [2.75, 3.05) is 24.5 Å². The molecule has 198 valence electrons. The van der Waals surface area contributed by atoms with Crippen LogP contribution in [0.3, 0.4) is 0 Å². The maximum absolute atomic E-state index is 13.5. The summed E-state index contributed by atoms with van der Waals surface area (Å²) in [5.74, 6) is -0.397. The van der Waals surface area contributed by atoms with Crippen LogP contribution in [0.5, 0.6) is 0 Å². The van der Waals surface area contributed by atoms with Crippen LogP contribution in [0.25, 0.3) is 0 Å². The Morgan fingerprint density at radius 2 is 1.70 bits per heavy atom. The zero-order valence-corrected chi connectivity index (χ0v) is 21.6. The molecule has 2 atom stereocenters. The highest BCUT2D eigenvalue weighted by molar-refractivity contribution is 7.96. The van der Waals surface area contributed by atoms with Gasteiger partial charge in [-0.1, -0.05) is 48.6 Å². The van der Waals surface area contributed by atoms with Crippen LogP contribution in [0, 0.1) is 5.82 Å². The third kappa shape index (κ3) is 5.64. The van der Waals surface area contributed by atoms with E-state index in [2.05, 4.69) is 0 Å². The first-order valence-corrected chi connectivity index (χ1v) is 13.5. The number of sulfonamides is 1. The van der Waals surface area contributed by atoms with E-state index in [1.54, 1.807) is 24.3 Å². The van der Waals surface area contributed by atoms with Gasteiger partial charge in [-0.3, -0.25) is 0 Å². The number of alkyl halides is 3. The van der Waals surface area contributed by atoms with E-state index < -0.39 is 33.7 Å². The molecule has 2 aromatic carbocycles. The maximum Gasteiger partial charge on any atom is 0.421 e. The van der Waals surface area contributed by atoms with Gasteiger partial charge in [0.1, 0.15) is 5.82 Å². The number of allylic oxidation sites excluding steroid dienone is 4. The number of aliphatic hydroxyl groups is 1. The topological polar surface area (TPSA) is 60.9 Å². The molecule has 1 fully saturated rings. The van der Waals surface area contributed by atoms with Gasteiger partial charge in [0.2, 0.25) is 10.0 Å². The Labute approximate surface area is 218 Å². The third-order valence-electron chi connectivity index (χ3n) is 6.72. The van der Waals surface area contributed by atoms with Crippen LogP contribution in [0.4, 0.5) is 23.2 Å². The minimum Gasteiger partial charge on any atom is -0.376 e. The highest BCUT2D eigenvalue weighted by Gasteiger charge is 2.51. The summed E-state index contributed by atoms with van der Waals surface area (Å²) in [6.45, 7) is 1.22. The Hall–Kier alpha value is -2.60. The first-order valence-electron chi connectivity index (χ1n) is 11.6. The lowest BCUT2D eigenvalue weighted by molar-refractivity contribution is -0.258. The number of hydrogen-bond acceptors (Lipinski definition) is 5. The molecule has 0 aromatic heterocycles. The lowest BCUT2D eigenvalue weighted by Crippen LogP contribution is -2.56. The lowest BCUT2D eigenvalue weighted by Gasteiger charge is -2.43. The molecule has 2 aliphatic rings. The molecule has 1 aliphatic heterocycles. The molecule has 37 heavy (non-hydrogen) atoms. The normalized spacial score (nSPS) is 21.0. The number of nitrogens with zero attached hydrogens (tertiary/aromatic N) is 2. The first kappa shape index (κ1) is 27.4. The zero-order chi connectivity index (χ0) is 27.0. The average Bonchev–Trinajstić information content (AvgIpc) is 2.85. The molecule has 1 saturated heterocycles. The van der Waals surface area contributed by atoms with Crippen molar-refractivity contribution in [1.82, 2.24) is 4.31 Å². The van der Waals surface area contributed by atoms with Crippen LogP contribution in [0.15, 0.2) is 71.7 Å². The number of benzene rings is 2. The number of piperazine rings is 1. The second kappa shape index (κ2) is 10.3. The van der Waals surface area contributed by atoms with E-state index in [1.165, 1.54) is 46.8 Å². The summed E-state index contributed by atoms with van der Waals surface area (Å²) in [5.41, 5.74) is -1.94. The Morgan fingerprint density at radius 1 is 1.05 bits per heavy atom. The summed E-state index contributed by atoms with van der Waals surface area (Å²) in [7, 11) is -3.86. The van der Waals surface area contributed by atoms with Crippen LogP contribution in [-0.2, 0) is 22.0 Å². The fraction of sp³-hybridized carbons (Fsp3) is 0.346. The number of anilines is 1. The second-order valence-corrected chi connectivity index (χ2v) is 11.6. The van der Waals surface area contributed by atoms with Crippen molar-refractivity contribution in [3.05, 3.63) is 88.6 Å². The van der Waals surface area contributed by atoms with Crippen molar-refractivity contribution in [2.45, 2.75) is 37.6 Å². The Morgan fingerprint density at radius 3 is 2.30 bits per heavy atom. The van der Waals surface area contributed by atoms with E-state index in [4.69, 9.17) is 12.2 Å². The largest absolute Gasteiger partial charge is 0.421 e. The number of halogens is 4. The van der Waals surface area contributed by atoms with Crippen LogP contribution in [0.1, 0.15) is 24.5 Å². The third-order valence-corrected chi connectivity index (χ3v) is 9.19. The average molecular weight is 555 g/mol. The highest BCUT2D eigenvalue weighted by atomic mass is 32.2. The van der Waals surface area contributed by atoms with E-state index in [9.17, 15) is 31.1 Å². The van der Waals surface area contributed by atoms with Gasteiger partial charge in [-0.05, 0) is 54.8 Å². The van der Waals surface area contributed by atoms with Crippen molar-refractivity contribution in [3.63, 3.8) is 0 Å². The van der Waals surface area contributed by atoms with E-state index >= 15 is 0 Å². The lowest BCUT2D eigenvalue weighted by atomic mass is 9.94. The molecule has 0 saturated carbocycles. The van der Waals surface area contributed by atoms with Gasteiger partial charge in [0, 0.05) is 42.6 Å². The molecular formula is C26H26F4N2O3S2. The highest BCUT2D eigenvalue weighted by Crippen LogP contribution is 2.39. The summed E-state index contributed by atoms with van der Waals surface area (Å²) in [6.07, 6.45) is 0.838. The molecule has 0 amide bonds. The molecule has 1 aliphatic carbocycles. The van der Waals surface area contributed by atoms with Gasteiger partial charge in [0.25, 0.3) is 0 Å². The fourth-order valence-corrected chi connectivity index (χ4v) is 6.56. The van der Waals surface area contributed by atoms with Gasteiger partial charge < -0.3 is 10.0 Å². The molecule has 2 aromatic rings. The number of hydrogen-bond donors (Lipinski definition) is 1. The molecule has 0 spiro atoms. The van der Waals surface area contributed by atoms with E-state index in [-0.39, 0.29) is 30.1 Å². The Kier molecular flexibility index (Phi) is 7.62. The predicted octanol–water partition coefficient (Wildman–Crippen LogP) is 4.87. The van der Waals surface area contributed by atoms with E-state index in [1.807, 2.05) is 4.90 Å². The SMILES string of the molecule is C[C@](O)(c1ccc(N2CCN(S(=O)(=O)C3=CC=CCC3=S)C[C@@H]2Cc2ccc(F)cc2)cc1)C(F)(F)F. The summed E-state index contributed by atoms with van der Waals surface area (Å²) >= 11 is 5.29. The Balaban J connectivity index is 1.64. The molecule has 0 bridgehead atoms. The van der Waals surface area contributed by atoms with Gasteiger partial charge in [-0.2, -0.15) is 17.5 Å². The summed E-state index contributed by atoms with van der Waals surface area (Å²) in [4.78, 5) is 2.36. The summed E-state index contributed by atoms with van der Waals surface area (Å²) in [6, 6.07) is 10.9. The molecular weight excluding hydrogens is 528 g/mol. The quantitative estimate of drug-likeness (QED) is 0.408. The van der Waals surface area contributed by atoms with Gasteiger partial charge in [0.15, 0.2) is 5.60 Å². The van der Waals surface area contributed by atoms with Crippen molar-refractivity contribution in [3.8, 4) is 0 Å². The first-order chi connectivity index (χ1) is 17.3. The molecule has 0 unspecified atom stereocenters. The van der Waals surface area contributed by atoms with Gasteiger partial charge in [-0.15, -0.1) is 0 Å². The maximum atomic E-state index is 13.5. The van der Waals surface area contributed by atoms with Crippen LogP contribution >= 0.6 is 12.2 Å². The van der Waals surface area contributed by atoms with Crippen molar-refractivity contribution in [2.24, 2.45) is 0 Å². The molecule has 4 rings (SSSR count). The molecule has 11 heteroatoms. The molecule has 1 N–H and O–H groups in total. The van der Waals surface area contributed by atoms with Crippen LogP contribution in [-0.4, -0.2) is 54.5 Å². The van der Waals surface area contributed by atoms with Crippen molar-refractivity contribution in [1.29, 1.82) is 0 Å². The minimum atomic E-state index is -4.84. The predicted molar refractivity (Wildman–Crippen MR) is 138 cm³/mol. The van der Waals surface area contributed by atoms with Crippen LogP contribution < -0.4 is 4.90 Å². The standard InChI is InChI=1S/C26H26F4N2O3S2/c1-25(33,26(28,29)30)19-8-12-21(13-9-19)32-15-14-31(37(34,35)24-5-3-2-4-23(24)36)17-22(32)16-18-6-10-20(27)11-7-18/h2-3,5-13,22,33H,4,14-17H2,1H3/t22-,25-/m0/s1. The summed E-state index contributed by atoms with van der Waals surface area (Å²) < 4.78 is 81.5. The minimum absolute atomic E-state index is 0.0951. The van der Waals surface area contributed by atoms with Gasteiger partial charge >= 0.3 is 6.18 Å². The van der Waals surface area contributed by atoms with E-state index in [0.29, 0.717) is 30.3 Å². The van der Waals surface area contributed by atoms with E-state index in [0.717, 1.165) is 5.56 Å². The molecule has 0 radical (unpaired) electrons. The number of rotatable bonds is 6. The van der Waals surface area contributed by atoms with Crippen molar-refractivity contribution >= 4 is 32.8 Å². The Bertz CT molecular complexity index is 1320.